The van der Waals surface area contributed by atoms with E-state index >= 15 is 0 Å². The second-order valence-electron chi connectivity index (χ2n) is 13.7. The second-order valence-corrected chi connectivity index (χ2v) is 16.9. The van der Waals surface area contributed by atoms with Crippen molar-refractivity contribution in [2.75, 3.05) is 13.2 Å². The fourth-order valence-corrected chi connectivity index (χ4v) is 7.79. The largest absolute Gasteiger partial charge is 0.452 e. The Morgan fingerprint density at radius 3 is 0.968 bits per heavy atom. The van der Waals surface area contributed by atoms with Gasteiger partial charge >= 0.3 is 23.9 Å². The van der Waals surface area contributed by atoms with Crippen LogP contribution in [0.1, 0.15) is 47.0 Å². The number of aryl methyl sites for hydroxylation is 1. The zero-order valence-electron chi connectivity index (χ0n) is 33.5. The third-order valence-electron chi connectivity index (χ3n) is 9.21. The van der Waals surface area contributed by atoms with Crippen LogP contribution >= 0.6 is 0 Å². The van der Waals surface area contributed by atoms with E-state index < -0.39 is 81.7 Å². The van der Waals surface area contributed by atoms with Gasteiger partial charge in [0.1, 0.15) is 13.2 Å². The van der Waals surface area contributed by atoms with Crippen LogP contribution in [0.4, 0.5) is 0 Å². The smallest absolute Gasteiger partial charge is 0.338 e. The number of carbonyl (C=O) groups excluding carboxylic acids is 4. The second kappa shape index (κ2) is 21.2. The molecule has 0 N–H and O–H groups in total. The van der Waals surface area contributed by atoms with E-state index in [2.05, 4.69) is 0 Å². The summed E-state index contributed by atoms with van der Waals surface area (Å²) in [5.41, 5.74) is 0.570. The molecule has 0 spiro atoms. The maximum absolute atomic E-state index is 14.1. The monoisotopic (exact) mass is 892 g/mol. The number of hydrogen-bond acceptors (Lipinski definition) is 14. The van der Waals surface area contributed by atoms with Crippen molar-refractivity contribution in [2.24, 2.45) is 0 Å². The zero-order chi connectivity index (χ0) is 44.8. The molecule has 16 heteroatoms. The van der Waals surface area contributed by atoms with Crippen LogP contribution in [-0.4, -0.2) is 78.3 Å². The molecule has 6 aromatic rings. The molecule has 14 nitrogen and oxygen atoms in total. The van der Waals surface area contributed by atoms with Crippen LogP contribution in [0, 0.1) is 6.92 Å². The number of ether oxygens (including phenoxy) is 4. The van der Waals surface area contributed by atoms with Crippen LogP contribution in [0.25, 0.3) is 0 Å². The highest BCUT2D eigenvalue weighted by Gasteiger charge is 2.46. The highest BCUT2D eigenvalue weighted by atomic mass is 32.2. The minimum absolute atomic E-state index is 0.0285. The van der Waals surface area contributed by atoms with Crippen molar-refractivity contribution < 1.29 is 63.3 Å². The molecule has 0 aliphatic heterocycles. The first-order valence-corrected chi connectivity index (χ1v) is 22.1. The molecule has 0 aliphatic rings. The molecule has 0 saturated carbocycles. The average molecular weight is 893 g/mol. The van der Waals surface area contributed by atoms with Gasteiger partial charge in [-0.1, -0.05) is 109 Å². The maximum atomic E-state index is 14.1. The lowest BCUT2D eigenvalue weighted by Gasteiger charge is -2.35. The van der Waals surface area contributed by atoms with E-state index in [1.54, 1.807) is 37.3 Å². The third-order valence-corrected chi connectivity index (χ3v) is 11.8. The van der Waals surface area contributed by atoms with Crippen molar-refractivity contribution in [3.05, 3.63) is 204 Å². The predicted octanol–water partition coefficient (Wildman–Crippen LogP) is 7.01. The van der Waals surface area contributed by atoms with Gasteiger partial charge in [-0.05, 0) is 79.7 Å². The van der Waals surface area contributed by atoms with Crippen LogP contribution < -0.4 is 0 Å². The van der Waals surface area contributed by atoms with Crippen molar-refractivity contribution in [1.29, 1.82) is 0 Å². The zero-order valence-corrected chi connectivity index (χ0v) is 35.1. The van der Waals surface area contributed by atoms with Gasteiger partial charge in [0.15, 0.2) is 24.4 Å². The number of rotatable bonds is 19. The topological polar surface area (TPSA) is 192 Å². The van der Waals surface area contributed by atoms with Crippen molar-refractivity contribution in [3.8, 4) is 0 Å². The number of carbonyl (C=O) groups is 4. The molecule has 0 unspecified atom stereocenters. The highest BCUT2D eigenvalue weighted by molar-refractivity contribution is 7.87. The van der Waals surface area contributed by atoms with E-state index in [9.17, 15) is 36.0 Å². The van der Waals surface area contributed by atoms with Crippen LogP contribution in [0.15, 0.2) is 186 Å². The van der Waals surface area contributed by atoms with Gasteiger partial charge in [-0.25, -0.2) is 19.2 Å². The summed E-state index contributed by atoms with van der Waals surface area (Å²) >= 11 is 0. The average Bonchev–Trinajstić information content (AvgIpc) is 3.31. The Labute approximate surface area is 364 Å². The Hall–Kier alpha value is -6.98. The van der Waals surface area contributed by atoms with Gasteiger partial charge in [-0.3, -0.25) is 8.37 Å². The summed E-state index contributed by atoms with van der Waals surface area (Å²) in [7, 11) is -9.27. The van der Waals surface area contributed by atoms with Crippen molar-refractivity contribution in [1.82, 2.24) is 0 Å². The van der Waals surface area contributed by atoms with E-state index in [0.717, 1.165) is 5.56 Å². The van der Waals surface area contributed by atoms with Crippen molar-refractivity contribution >= 4 is 44.1 Å². The summed E-state index contributed by atoms with van der Waals surface area (Å²) in [6.45, 7) is -0.415. The molecule has 0 bridgehead atoms. The standard InChI is InChI=1S/C47H40O14S2/c1-33-27-29-39(30-28-33)63(54,55)57-32-41(59-45(49)35-19-9-3-10-20-35)43(61-47(51)37-23-13-5-14-24-37)42(60-46(50)36-21-11-4-12-22-36)40(58-44(48)34-17-7-2-8-18-34)31-56-62(52,53)38-25-15-6-16-26-38/h2-30,40-43H,31-32H2,1H3/t40-,41-,42-,43-/m1/s1. The Morgan fingerprint density at radius 2 is 0.651 bits per heavy atom. The van der Waals surface area contributed by atoms with Gasteiger partial charge in [-0.15, -0.1) is 0 Å². The Kier molecular flexibility index (Phi) is 15.3. The summed E-state index contributed by atoms with van der Waals surface area (Å²) in [6, 6.07) is 42.5. The molecule has 6 aromatic carbocycles. The summed E-state index contributed by atoms with van der Waals surface area (Å²) in [4.78, 5) is 55.4. The summed E-state index contributed by atoms with van der Waals surface area (Å²) in [5.74, 6) is -4.33. The maximum Gasteiger partial charge on any atom is 0.338 e. The Morgan fingerprint density at radius 1 is 0.381 bits per heavy atom. The van der Waals surface area contributed by atoms with Crippen molar-refractivity contribution in [3.63, 3.8) is 0 Å². The van der Waals surface area contributed by atoms with Crippen LogP contribution in [0.2, 0.25) is 0 Å². The van der Waals surface area contributed by atoms with Crippen molar-refractivity contribution in [2.45, 2.75) is 41.1 Å². The molecule has 0 fully saturated rings. The quantitative estimate of drug-likeness (QED) is 0.0458. The first-order valence-electron chi connectivity index (χ1n) is 19.3. The predicted molar refractivity (Wildman–Crippen MR) is 226 cm³/mol. The van der Waals surface area contributed by atoms with Gasteiger partial charge in [0.25, 0.3) is 20.2 Å². The van der Waals surface area contributed by atoms with E-state index in [4.69, 9.17) is 27.3 Å². The summed E-state index contributed by atoms with van der Waals surface area (Å²) in [6.07, 6.45) is -8.29. The SMILES string of the molecule is Cc1ccc(S(=O)(=O)OC[C@@H](OC(=O)c2ccccc2)[C@@H](OC(=O)c2ccccc2)[C@H](OC(=O)c2ccccc2)[C@@H](COS(=O)(=O)c2ccccc2)OC(=O)c2ccccc2)cc1. The Bertz CT molecular complexity index is 2680. The van der Waals surface area contributed by atoms with E-state index in [0.29, 0.717) is 0 Å². The van der Waals surface area contributed by atoms with Crippen LogP contribution in [0.5, 0.6) is 0 Å². The molecular formula is C47H40O14S2. The van der Waals surface area contributed by atoms with Gasteiger partial charge in [0.2, 0.25) is 0 Å². The fraction of sp³-hybridized carbons (Fsp3) is 0.149. The lowest BCUT2D eigenvalue weighted by atomic mass is 10.0. The minimum Gasteiger partial charge on any atom is -0.452 e. The molecule has 0 aliphatic carbocycles. The fourth-order valence-electron chi connectivity index (χ4n) is 5.93. The van der Waals surface area contributed by atoms with Gasteiger partial charge in [0.05, 0.1) is 32.0 Å². The number of esters is 4. The summed E-state index contributed by atoms with van der Waals surface area (Å²) < 4.78 is 89.4. The van der Waals surface area contributed by atoms with Gasteiger partial charge in [-0.2, -0.15) is 16.8 Å². The molecule has 0 saturated heterocycles. The molecule has 4 atom stereocenters. The first kappa shape index (κ1) is 45.5. The molecular weight excluding hydrogens is 853 g/mol. The number of hydrogen-bond donors (Lipinski definition) is 0. The highest BCUT2D eigenvalue weighted by Crippen LogP contribution is 2.26. The first-order chi connectivity index (χ1) is 30.3. The van der Waals surface area contributed by atoms with E-state index in [1.807, 2.05) is 0 Å². The molecule has 0 radical (unpaired) electrons. The van der Waals surface area contributed by atoms with Crippen LogP contribution in [-0.2, 0) is 47.5 Å². The van der Waals surface area contributed by atoms with Gasteiger partial charge < -0.3 is 18.9 Å². The third kappa shape index (κ3) is 12.5. The minimum atomic E-state index is -4.64. The summed E-state index contributed by atoms with van der Waals surface area (Å²) in [5, 5.41) is 0. The molecule has 324 valence electrons. The molecule has 0 heterocycles. The molecule has 0 amide bonds. The normalized spacial score (nSPS) is 13.3. The lowest BCUT2D eigenvalue weighted by molar-refractivity contribution is -0.133. The van der Waals surface area contributed by atoms with E-state index in [-0.39, 0.29) is 32.0 Å². The van der Waals surface area contributed by atoms with Gasteiger partial charge in [0, 0.05) is 0 Å². The van der Waals surface area contributed by atoms with Crippen LogP contribution in [0.3, 0.4) is 0 Å². The van der Waals surface area contributed by atoms with E-state index in [1.165, 1.54) is 146 Å². The molecule has 6 rings (SSSR count). The molecule has 0 aromatic heterocycles. The number of benzene rings is 6. The Balaban J connectivity index is 1.52. The molecule has 63 heavy (non-hydrogen) atoms. The lowest BCUT2D eigenvalue weighted by Crippen LogP contribution is -2.54.